The molecule has 3 rings (SSSR count). The lowest BCUT2D eigenvalue weighted by Gasteiger charge is -2.16. The van der Waals surface area contributed by atoms with Gasteiger partial charge in [0, 0.05) is 11.6 Å². The molecule has 0 bridgehead atoms. The molecule has 3 aromatic carbocycles. The summed E-state index contributed by atoms with van der Waals surface area (Å²) in [6, 6.07) is 21.9. The molecule has 0 aromatic heterocycles. The molecule has 1 amide bonds. The number of hydrogen-bond acceptors (Lipinski definition) is 4. The van der Waals surface area contributed by atoms with Crippen molar-refractivity contribution in [3.8, 4) is 5.75 Å². The zero-order valence-corrected chi connectivity index (χ0v) is 16.9. The van der Waals surface area contributed by atoms with E-state index in [2.05, 4.69) is 10.0 Å². The second-order valence-corrected chi connectivity index (χ2v) is 8.15. The van der Waals surface area contributed by atoms with Crippen LogP contribution in [-0.4, -0.2) is 21.4 Å². The first-order chi connectivity index (χ1) is 13.9. The summed E-state index contributed by atoms with van der Waals surface area (Å²) >= 11 is 0. The van der Waals surface area contributed by atoms with Crippen molar-refractivity contribution in [1.82, 2.24) is 4.72 Å². The zero-order valence-electron chi connectivity index (χ0n) is 16.1. The Labute approximate surface area is 170 Å². The van der Waals surface area contributed by atoms with E-state index in [4.69, 9.17) is 4.74 Å². The highest BCUT2D eigenvalue weighted by molar-refractivity contribution is 7.89. The Morgan fingerprint density at radius 2 is 1.55 bits per heavy atom. The van der Waals surface area contributed by atoms with Crippen LogP contribution in [0.5, 0.6) is 5.75 Å². The zero-order chi connectivity index (χ0) is 20.9. The van der Waals surface area contributed by atoms with Crippen LogP contribution in [0.1, 0.15) is 28.9 Å². The van der Waals surface area contributed by atoms with Gasteiger partial charge in [-0.25, -0.2) is 13.1 Å². The molecular weight excluding hydrogens is 388 g/mol. The number of amides is 1. The number of anilines is 1. The summed E-state index contributed by atoms with van der Waals surface area (Å²) in [4.78, 5) is 12.5. The summed E-state index contributed by atoms with van der Waals surface area (Å²) in [6.45, 7) is 1.77. The van der Waals surface area contributed by atoms with Crippen molar-refractivity contribution in [2.24, 2.45) is 0 Å². The molecular formula is C22H22N2O4S. The normalized spacial score (nSPS) is 12.2. The molecule has 0 unspecified atom stereocenters. The van der Waals surface area contributed by atoms with Gasteiger partial charge in [0.15, 0.2) is 0 Å². The monoisotopic (exact) mass is 410 g/mol. The third kappa shape index (κ3) is 5.01. The van der Waals surface area contributed by atoms with Crippen molar-refractivity contribution >= 4 is 21.6 Å². The highest BCUT2D eigenvalue weighted by Gasteiger charge is 2.21. The lowest BCUT2D eigenvalue weighted by molar-refractivity contribution is 0.102. The molecule has 0 radical (unpaired) electrons. The van der Waals surface area contributed by atoms with Gasteiger partial charge in [0.05, 0.1) is 17.7 Å². The fourth-order valence-corrected chi connectivity index (χ4v) is 4.10. The van der Waals surface area contributed by atoms with Crippen LogP contribution in [0.25, 0.3) is 0 Å². The van der Waals surface area contributed by atoms with Gasteiger partial charge in [0.1, 0.15) is 5.75 Å². The van der Waals surface area contributed by atoms with E-state index in [9.17, 15) is 13.2 Å². The van der Waals surface area contributed by atoms with Crippen LogP contribution in [0.3, 0.4) is 0 Å². The van der Waals surface area contributed by atoms with Crippen molar-refractivity contribution in [1.29, 1.82) is 0 Å². The summed E-state index contributed by atoms with van der Waals surface area (Å²) < 4.78 is 33.6. The average Bonchev–Trinajstić information content (AvgIpc) is 2.74. The first-order valence-electron chi connectivity index (χ1n) is 9.02. The molecule has 29 heavy (non-hydrogen) atoms. The minimum atomic E-state index is -3.81. The predicted molar refractivity (Wildman–Crippen MR) is 113 cm³/mol. The van der Waals surface area contributed by atoms with Crippen LogP contribution < -0.4 is 14.8 Å². The predicted octanol–water partition coefficient (Wildman–Crippen LogP) is 3.99. The van der Waals surface area contributed by atoms with Crippen LogP contribution in [0.4, 0.5) is 5.69 Å². The molecule has 0 aliphatic heterocycles. The van der Waals surface area contributed by atoms with Crippen LogP contribution in [0.15, 0.2) is 83.8 Å². The Bertz CT molecular complexity index is 1080. The number of rotatable bonds is 7. The van der Waals surface area contributed by atoms with Crippen molar-refractivity contribution in [2.45, 2.75) is 17.9 Å². The van der Waals surface area contributed by atoms with E-state index in [0.29, 0.717) is 11.3 Å². The van der Waals surface area contributed by atoms with Gasteiger partial charge in [-0.2, -0.15) is 0 Å². The molecule has 3 aromatic rings. The number of nitrogens with one attached hydrogen (secondary N) is 2. The minimum Gasteiger partial charge on any atom is -0.495 e. The van der Waals surface area contributed by atoms with Gasteiger partial charge in [-0.15, -0.1) is 0 Å². The number of hydrogen-bond donors (Lipinski definition) is 2. The summed E-state index contributed by atoms with van der Waals surface area (Å²) in [5.41, 5.74) is 1.58. The third-order valence-electron chi connectivity index (χ3n) is 4.40. The molecule has 0 saturated carbocycles. The maximum Gasteiger partial charge on any atom is 0.255 e. The smallest absolute Gasteiger partial charge is 0.255 e. The standard InChI is InChI=1S/C22H22N2O4S/c1-16(17-9-5-3-6-10-17)24-29(26,27)19-13-14-21(28-2)20(15-19)23-22(25)18-11-7-4-8-12-18/h3-16,24H,1-2H3,(H,23,25)/t16-/m1/s1. The molecule has 2 N–H and O–H groups in total. The first-order valence-corrected chi connectivity index (χ1v) is 10.5. The third-order valence-corrected chi connectivity index (χ3v) is 5.94. The molecule has 0 fully saturated rings. The Hall–Kier alpha value is -3.16. The second kappa shape index (κ2) is 8.89. The molecule has 7 heteroatoms. The average molecular weight is 410 g/mol. The molecule has 1 atom stereocenters. The van der Waals surface area contributed by atoms with Crippen LogP contribution in [-0.2, 0) is 10.0 Å². The van der Waals surface area contributed by atoms with Gasteiger partial charge in [-0.1, -0.05) is 48.5 Å². The molecule has 0 saturated heterocycles. The van der Waals surface area contributed by atoms with E-state index < -0.39 is 16.1 Å². The molecule has 0 aliphatic rings. The van der Waals surface area contributed by atoms with Crippen molar-refractivity contribution in [3.63, 3.8) is 0 Å². The molecule has 6 nitrogen and oxygen atoms in total. The van der Waals surface area contributed by atoms with E-state index in [1.165, 1.54) is 25.3 Å². The number of methoxy groups -OCH3 is 1. The Kier molecular flexibility index (Phi) is 6.31. The van der Waals surface area contributed by atoms with Crippen LogP contribution in [0, 0.1) is 0 Å². The van der Waals surface area contributed by atoms with E-state index in [-0.39, 0.29) is 16.5 Å². The Balaban J connectivity index is 1.86. The quantitative estimate of drug-likeness (QED) is 0.617. The Morgan fingerprint density at radius 3 is 2.17 bits per heavy atom. The van der Waals surface area contributed by atoms with Crippen molar-refractivity contribution in [3.05, 3.63) is 90.0 Å². The van der Waals surface area contributed by atoms with E-state index in [0.717, 1.165) is 5.56 Å². The van der Waals surface area contributed by atoms with Crippen LogP contribution >= 0.6 is 0 Å². The number of benzene rings is 3. The van der Waals surface area contributed by atoms with E-state index >= 15 is 0 Å². The Morgan fingerprint density at radius 1 is 0.931 bits per heavy atom. The van der Waals surface area contributed by atoms with Gasteiger partial charge in [-0.3, -0.25) is 4.79 Å². The summed E-state index contributed by atoms with van der Waals surface area (Å²) in [6.07, 6.45) is 0. The van der Waals surface area contributed by atoms with Crippen molar-refractivity contribution < 1.29 is 17.9 Å². The maximum atomic E-state index is 12.9. The lowest BCUT2D eigenvalue weighted by atomic mass is 10.1. The number of sulfonamides is 1. The number of carbonyl (C=O) groups is 1. The fraction of sp³-hybridized carbons (Fsp3) is 0.136. The van der Waals surface area contributed by atoms with Gasteiger partial charge >= 0.3 is 0 Å². The highest BCUT2D eigenvalue weighted by Crippen LogP contribution is 2.28. The molecule has 0 aliphatic carbocycles. The maximum absolute atomic E-state index is 12.9. The number of carbonyl (C=O) groups excluding carboxylic acids is 1. The van der Waals surface area contributed by atoms with Gasteiger partial charge in [0.2, 0.25) is 10.0 Å². The molecule has 0 heterocycles. The first kappa shape index (κ1) is 20.6. The van der Waals surface area contributed by atoms with E-state index in [1.807, 2.05) is 36.4 Å². The fourth-order valence-electron chi connectivity index (χ4n) is 2.85. The van der Waals surface area contributed by atoms with E-state index in [1.54, 1.807) is 31.2 Å². The highest BCUT2D eigenvalue weighted by atomic mass is 32.2. The van der Waals surface area contributed by atoms with Gasteiger partial charge in [-0.05, 0) is 42.8 Å². The van der Waals surface area contributed by atoms with Gasteiger partial charge in [0.25, 0.3) is 5.91 Å². The topological polar surface area (TPSA) is 84.5 Å². The lowest BCUT2D eigenvalue weighted by Crippen LogP contribution is -2.27. The molecule has 150 valence electrons. The van der Waals surface area contributed by atoms with Gasteiger partial charge < -0.3 is 10.1 Å². The largest absolute Gasteiger partial charge is 0.495 e. The molecule has 0 spiro atoms. The minimum absolute atomic E-state index is 0.0319. The summed E-state index contributed by atoms with van der Waals surface area (Å²) in [7, 11) is -2.36. The SMILES string of the molecule is COc1ccc(S(=O)(=O)N[C@H](C)c2ccccc2)cc1NC(=O)c1ccccc1. The van der Waals surface area contributed by atoms with Crippen LogP contribution in [0.2, 0.25) is 0 Å². The summed E-state index contributed by atoms with van der Waals surface area (Å²) in [5, 5.41) is 2.72. The number of ether oxygens (including phenoxy) is 1. The summed E-state index contributed by atoms with van der Waals surface area (Å²) in [5.74, 6) is 0.00778. The van der Waals surface area contributed by atoms with Crippen molar-refractivity contribution in [2.75, 3.05) is 12.4 Å². The second-order valence-electron chi connectivity index (χ2n) is 6.44.